The Balaban J connectivity index is 3.19. The van der Waals surface area contributed by atoms with Crippen LogP contribution in [0, 0.1) is 6.92 Å². The van der Waals surface area contributed by atoms with E-state index in [1.165, 1.54) is 0 Å². The number of hydrogen-bond donors (Lipinski definition) is 1. The van der Waals surface area contributed by atoms with Crippen LogP contribution in [0.25, 0.3) is 0 Å². The lowest BCUT2D eigenvalue weighted by atomic mass is 10.1. The number of nitrogens with two attached hydrogens (primary N) is 1. The zero-order chi connectivity index (χ0) is 11.6. The highest BCUT2D eigenvalue weighted by Crippen LogP contribution is 2.23. The largest absolute Gasteiger partial charge is 0.398 e. The second kappa shape index (κ2) is 4.66. The van der Waals surface area contributed by atoms with Gasteiger partial charge >= 0.3 is 0 Å². The summed E-state index contributed by atoms with van der Waals surface area (Å²) < 4.78 is 0.832. The first-order chi connectivity index (χ1) is 6.97. The third-order valence-corrected chi connectivity index (χ3v) is 2.92. The number of benzene rings is 1. The van der Waals surface area contributed by atoms with E-state index in [2.05, 4.69) is 15.9 Å². The van der Waals surface area contributed by atoms with Crippen LogP contribution in [0.5, 0.6) is 0 Å². The van der Waals surface area contributed by atoms with Gasteiger partial charge in [0, 0.05) is 29.3 Å². The van der Waals surface area contributed by atoms with Crippen LogP contribution >= 0.6 is 15.9 Å². The lowest BCUT2D eigenvalue weighted by Crippen LogP contribution is -2.27. The zero-order valence-electron chi connectivity index (χ0n) is 9.17. The predicted molar refractivity (Wildman–Crippen MR) is 65.9 cm³/mol. The Hall–Kier alpha value is -1.03. The molecule has 0 aliphatic rings. The predicted octanol–water partition coefficient (Wildman–Crippen LogP) is 2.43. The first kappa shape index (κ1) is 12.0. The summed E-state index contributed by atoms with van der Waals surface area (Å²) >= 11 is 3.34. The average Bonchev–Trinajstić information content (AvgIpc) is 2.21. The Morgan fingerprint density at radius 2 is 2.13 bits per heavy atom. The molecule has 15 heavy (non-hydrogen) atoms. The number of carbonyl (C=O) groups excluding carboxylic acids is 1. The van der Waals surface area contributed by atoms with E-state index >= 15 is 0 Å². The first-order valence-electron chi connectivity index (χ1n) is 4.78. The van der Waals surface area contributed by atoms with Crippen molar-refractivity contribution in [3.63, 3.8) is 0 Å². The van der Waals surface area contributed by atoms with Gasteiger partial charge in [-0.3, -0.25) is 4.79 Å². The zero-order valence-corrected chi connectivity index (χ0v) is 10.8. The van der Waals surface area contributed by atoms with Gasteiger partial charge in [-0.2, -0.15) is 0 Å². The summed E-state index contributed by atoms with van der Waals surface area (Å²) in [5.74, 6) is 0.00278. The van der Waals surface area contributed by atoms with Gasteiger partial charge in [0.15, 0.2) is 0 Å². The van der Waals surface area contributed by atoms with Crippen molar-refractivity contribution in [3.05, 3.63) is 27.7 Å². The highest BCUT2D eigenvalue weighted by molar-refractivity contribution is 9.10. The minimum absolute atomic E-state index is 0.00278. The van der Waals surface area contributed by atoms with E-state index < -0.39 is 0 Å². The minimum Gasteiger partial charge on any atom is -0.398 e. The Labute approximate surface area is 98.4 Å². The number of anilines is 1. The summed E-state index contributed by atoms with van der Waals surface area (Å²) in [7, 11) is 1.78. The molecule has 0 aliphatic carbocycles. The third-order valence-electron chi connectivity index (χ3n) is 2.46. The normalized spacial score (nSPS) is 10.1. The van der Waals surface area contributed by atoms with Crippen LogP contribution in [0.4, 0.5) is 5.69 Å². The molecule has 1 amide bonds. The van der Waals surface area contributed by atoms with Crippen LogP contribution < -0.4 is 5.73 Å². The van der Waals surface area contributed by atoms with Crippen molar-refractivity contribution in [2.45, 2.75) is 13.8 Å². The second-order valence-corrected chi connectivity index (χ2v) is 4.40. The van der Waals surface area contributed by atoms with Crippen LogP contribution in [-0.2, 0) is 0 Å². The Morgan fingerprint density at radius 1 is 1.53 bits per heavy atom. The summed E-state index contributed by atoms with van der Waals surface area (Å²) in [6, 6.07) is 3.61. The molecule has 4 heteroatoms. The second-order valence-electron chi connectivity index (χ2n) is 3.49. The van der Waals surface area contributed by atoms with Gasteiger partial charge in [-0.1, -0.05) is 15.9 Å². The van der Waals surface area contributed by atoms with Crippen LogP contribution in [0.3, 0.4) is 0 Å². The maximum absolute atomic E-state index is 12.0. The van der Waals surface area contributed by atoms with Crippen molar-refractivity contribution in [2.75, 3.05) is 19.3 Å². The summed E-state index contributed by atoms with van der Waals surface area (Å²) in [6.45, 7) is 4.48. The fourth-order valence-electron chi connectivity index (χ4n) is 1.27. The number of carbonyl (C=O) groups is 1. The fourth-order valence-corrected chi connectivity index (χ4v) is 1.75. The van der Waals surface area contributed by atoms with Crippen molar-refractivity contribution >= 4 is 27.5 Å². The topological polar surface area (TPSA) is 46.3 Å². The van der Waals surface area contributed by atoms with E-state index in [1.807, 2.05) is 13.8 Å². The molecule has 0 spiro atoms. The van der Waals surface area contributed by atoms with E-state index in [0.29, 0.717) is 17.8 Å². The molecule has 82 valence electrons. The molecular weight excluding hydrogens is 256 g/mol. The molecule has 0 heterocycles. The molecular formula is C11H15BrN2O. The van der Waals surface area contributed by atoms with E-state index in [9.17, 15) is 4.79 Å². The van der Waals surface area contributed by atoms with Gasteiger partial charge in [0.05, 0.1) is 0 Å². The van der Waals surface area contributed by atoms with E-state index in [4.69, 9.17) is 5.73 Å². The summed E-state index contributed by atoms with van der Waals surface area (Å²) in [5, 5.41) is 0. The molecule has 1 aromatic carbocycles. The minimum atomic E-state index is 0.00278. The van der Waals surface area contributed by atoms with Crippen LogP contribution in [0.2, 0.25) is 0 Å². The molecule has 0 radical (unpaired) electrons. The average molecular weight is 271 g/mol. The first-order valence-corrected chi connectivity index (χ1v) is 5.57. The molecule has 1 aromatic rings. The lowest BCUT2D eigenvalue weighted by molar-refractivity contribution is 0.0801. The summed E-state index contributed by atoms with van der Waals surface area (Å²) in [4.78, 5) is 13.6. The van der Waals surface area contributed by atoms with Gasteiger partial charge in [-0.15, -0.1) is 0 Å². The smallest absolute Gasteiger partial charge is 0.253 e. The van der Waals surface area contributed by atoms with Gasteiger partial charge in [-0.25, -0.2) is 0 Å². The molecule has 0 aromatic heterocycles. The fraction of sp³-hybridized carbons (Fsp3) is 0.364. The molecule has 0 fully saturated rings. The van der Waals surface area contributed by atoms with E-state index in [0.717, 1.165) is 10.0 Å². The number of rotatable bonds is 2. The van der Waals surface area contributed by atoms with Crippen molar-refractivity contribution in [1.82, 2.24) is 4.90 Å². The van der Waals surface area contributed by atoms with Crippen molar-refractivity contribution in [3.8, 4) is 0 Å². The quantitative estimate of drug-likeness (QED) is 0.840. The summed E-state index contributed by atoms with van der Waals surface area (Å²) in [5.41, 5.74) is 7.93. The molecule has 3 nitrogen and oxygen atoms in total. The van der Waals surface area contributed by atoms with Crippen molar-refractivity contribution in [2.24, 2.45) is 0 Å². The maximum atomic E-state index is 12.0. The summed E-state index contributed by atoms with van der Waals surface area (Å²) in [6.07, 6.45) is 0. The Bertz CT molecular complexity index is 390. The molecule has 0 unspecified atom stereocenters. The van der Waals surface area contributed by atoms with E-state index in [1.54, 1.807) is 24.1 Å². The number of amides is 1. The molecule has 0 saturated heterocycles. The van der Waals surface area contributed by atoms with Gasteiger partial charge in [0.1, 0.15) is 0 Å². The molecule has 2 N–H and O–H groups in total. The SMILES string of the molecule is CCN(C)C(=O)c1cc(Br)cc(N)c1C. The lowest BCUT2D eigenvalue weighted by Gasteiger charge is -2.17. The molecule has 0 saturated carbocycles. The number of nitrogens with zero attached hydrogens (tertiary/aromatic N) is 1. The Morgan fingerprint density at radius 3 is 2.67 bits per heavy atom. The van der Waals surface area contributed by atoms with Gasteiger partial charge in [0.25, 0.3) is 5.91 Å². The van der Waals surface area contributed by atoms with Gasteiger partial charge < -0.3 is 10.6 Å². The van der Waals surface area contributed by atoms with Crippen molar-refractivity contribution < 1.29 is 4.79 Å². The van der Waals surface area contributed by atoms with Crippen LogP contribution in [0.15, 0.2) is 16.6 Å². The van der Waals surface area contributed by atoms with E-state index in [-0.39, 0.29) is 5.91 Å². The highest BCUT2D eigenvalue weighted by Gasteiger charge is 2.14. The Kier molecular flexibility index (Phi) is 3.74. The van der Waals surface area contributed by atoms with Gasteiger partial charge in [-0.05, 0) is 31.5 Å². The van der Waals surface area contributed by atoms with Gasteiger partial charge in [0.2, 0.25) is 0 Å². The standard InChI is InChI=1S/C11H15BrN2O/c1-4-14(3)11(15)9-5-8(12)6-10(13)7(9)2/h5-6H,4,13H2,1-3H3. The molecule has 0 atom stereocenters. The molecule has 0 bridgehead atoms. The number of halogens is 1. The molecule has 0 aliphatic heterocycles. The molecule has 1 rings (SSSR count). The van der Waals surface area contributed by atoms with Crippen LogP contribution in [0.1, 0.15) is 22.8 Å². The maximum Gasteiger partial charge on any atom is 0.253 e. The van der Waals surface area contributed by atoms with Crippen molar-refractivity contribution in [1.29, 1.82) is 0 Å². The monoisotopic (exact) mass is 270 g/mol. The number of nitrogen functional groups attached to an aromatic ring is 1. The van der Waals surface area contributed by atoms with Crippen LogP contribution in [-0.4, -0.2) is 24.4 Å². The third kappa shape index (κ3) is 2.50. The number of hydrogen-bond acceptors (Lipinski definition) is 2. The highest BCUT2D eigenvalue weighted by atomic mass is 79.9.